The van der Waals surface area contributed by atoms with E-state index in [0.29, 0.717) is 17.2 Å². The minimum absolute atomic E-state index is 0.248. The number of nitrogens with one attached hydrogen (secondary N) is 1. The Morgan fingerprint density at radius 3 is 2.62 bits per heavy atom. The van der Waals surface area contributed by atoms with Gasteiger partial charge < -0.3 is 14.8 Å². The molecule has 0 bridgehead atoms. The smallest absolute Gasteiger partial charge is 0.275 e. The summed E-state index contributed by atoms with van der Waals surface area (Å²) in [6.07, 6.45) is 1.74. The number of aromatic nitrogens is 2. The molecular weight excluding hydrogens is 350 g/mol. The number of amides is 1. The number of aryl methyl sites for hydroxylation is 2. The van der Waals surface area contributed by atoms with Crippen LogP contribution in [0.15, 0.2) is 35.8 Å². The van der Waals surface area contributed by atoms with Crippen molar-refractivity contribution in [3.63, 3.8) is 0 Å². The number of hydrogen-bond acceptors (Lipinski definition) is 6. The third-order valence-electron chi connectivity index (χ3n) is 3.86. The number of rotatable bonds is 5. The van der Waals surface area contributed by atoms with Crippen molar-refractivity contribution in [1.82, 2.24) is 9.97 Å². The highest BCUT2D eigenvalue weighted by molar-refractivity contribution is 7.13. The van der Waals surface area contributed by atoms with Crippen molar-refractivity contribution in [2.24, 2.45) is 0 Å². The standard InChI is InChI=1S/C19H19N3O3S/c1-11-9-20-12(2)7-14(11)21-18(23)15-10-26-19(22-15)13-5-6-16(24-3)17(8-13)25-4/h5-10H,1-4H3,(H,20,21,23). The molecule has 2 aromatic heterocycles. The molecule has 0 atom stereocenters. The van der Waals surface area contributed by atoms with Crippen LogP contribution in [-0.2, 0) is 0 Å². The van der Waals surface area contributed by atoms with Gasteiger partial charge in [0.25, 0.3) is 5.91 Å². The largest absolute Gasteiger partial charge is 0.493 e. The predicted octanol–water partition coefficient (Wildman–Crippen LogP) is 4.09. The summed E-state index contributed by atoms with van der Waals surface area (Å²) < 4.78 is 10.6. The van der Waals surface area contributed by atoms with Crippen molar-refractivity contribution >= 4 is 22.9 Å². The molecule has 1 aromatic carbocycles. The summed E-state index contributed by atoms with van der Waals surface area (Å²) in [5.74, 6) is 1.02. The molecule has 2 heterocycles. The summed E-state index contributed by atoms with van der Waals surface area (Å²) >= 11 is 1.40. The maximum absolute atomic E-state index is 12.5. The van der Waals surface area contributed by atoms with E-state index >= 15 is 0 Å². The van der Waals surface area contributed by atoms with E-state index in [1.165, 1.54) is 11.3 Å². The molecule has 0 aliphatic carbocycles. The van der Waals surface area contributed by atoms with Gasteiger partial charge in [0, 0.05) is 28.5 Å². The predicted molar refractivity (Wildman–Crippen MR) is 102 cm³/mol. The Morgan fingerprint density at radius 1 is 1.12 bits per heavy atom. The highest BCUT2D eigenvalue weighted by atomic mass is 32.1. The summed E-state index contributed by atoms with van der Waals surface area (Å²) in [4.78, 5) is 21.2. The van der Waals surface area contributed by atoms with E-state index in [4.69, 9.17) is 9.47 Å². The first kappa shape index (κ1) is 17.9. The Bertz CT molecular complexity index is 953. The zero-order valence-corrected chi connectivity index (χ0v) is 15.8. The lowest BCUT2D eigenvalue weighted by Crippen LogP contribution is -2.13. The maximum atomic E-state index is 12.5. The molecule has 26 heavy (non-hydrogen) atoms. The van der Waals surface area contributed by atoms with Crippen LogP contribution in [0.3, 0.4) is 0 Å². The van der Waals surface area contributed by atoms with Gasteiger partial charge >= 0.3 is 0 Å². The summed E-state index contributed by atoms with van der Waals surface area (Å²) in [5, 5.41) is 5.37. The Hall–Kier alpha value is -2.93. The van der Waals surface area contributed by atoms with Gasteiger partial charge in [-0.15, -0.1) is 11.3 Å². The van der Waals surface area contributed by atoms with Gasteiger partial charge in [-0.25, -0.2) is 4.98 Å². The Labute approximate surface area is 155 Å². The van der Waals surface area contributed by atoms with Crippen molar-refractivity contribution in [3.05, 3.63) is 52.8 Å². The van der Waals surface area contributed by atoms with E-state index in [2.05, 4.69) is 15.3 Å². The fraction of sp³-hybridized carbons (Fsp3) is 0.211. The van der Waals surface area contributed by atoms with Crippen LogP contribution < -0.4 is 14.8 Å². The molecule has 134 valence electrons. The average Bonchev–Trinajstić information content (AvgIpc) is 3.14. The fourth-order valence-electron chi connectivity index (χ4n) is 2.43. The minimum atomic E-state index is -0.248. The van der Waals surface area contributed by atoms with Crippen molar-refractivity contribution in [1.29, 1.82) is 0 Å². The highest BCUT2D eigenvalue weighted by Crippen LogP contribution is 2.33. The fourth-order valence-corrected chi connectivity index (χ4v) is 3.23. The number of carbonyl (C=O) groups excluding carboxylic acids is 1. The molecule has 6 nitrogen and oxygen atoms in total. The molecule has 0 aliphatic rings. The van der Waals surface area contributed by atoms with Crippen LogP contribution in [0.4, 0.5) is 5.69 Å². The number of benzene rings is 1. The first-order valence-electron chi connectivity index (χ1n) is 7.94. The first-order valence-corrected chi connectivity index (χ1v) is 8.82. The number of methoxy groups -OCH3 is 2. The van der Waals surface area contributed by atoms with Gasteiger partial charge in [0.15, 0.2) is 11.5 Å². The van der Waals surface area contributed by atoms with Crippen LogP contribution in [0.25, 0.3) is 10.6 Å². The summed E-state index contributed by atoms with van der Waals surface area (Å²) in [5.41, 5.74) is 3.72. The second-order valence-electron chi connectivity index (χ2n) is 5.70. The van der Waals surface area contributed by atoms with E-state index in [9.17, 15) is 4.79 Å². The van der Waals surface area contributed by atoms with E-state index in [1.807, 2.05) is 38.1 Å². The van der Waals surface area contributed by atoms with Gasteiger partial charge in [-0.1, -0.05) is 0 Å². The Kier molecular flexibility index (Phi) is 5.18. The quantitative estimate of drug-likeness (QED) is 0.733. The zero-order chi connectivity index (χ0) is 18.7. The molecule has 0 fully saturated rings. The van der Waals surface area contributed by atoms with Crippen molar-refractivity contribution in [2.75, 3.05) is 19.5 Å². The number of carbonyl (C=O) groups is 1. The lowest BCUT2D eigenvalue weighted by Gasteiger charge is -2.08. The highest BCUT2D eigenvalue weighted by Gasteiger charge is 2.15. The normalized spacial score (nSPS) is 10.5. The molecule has 0 unspecified atom stereocenters. The summed E-state index contributed by atoms with van der Waals surface area (Å²) in [6.45, 7) is 3.78. The average molecular weight is 369 g/mol. The van der Waals surface area contributed by atoms with Crippen LogP contribution in [0.1, 0.15) is 21.7 Å². The third kappa shape index (κ3) is 3.67. The molecule has 1 amide bonds. The van der Waals surface area contributed by atoms with E-state index in [1.54, 1.807) is 25.8 Å². The number of anilines is 1. The van der Waals surface area contributed by atoms with Gasteiger partial charge in [0.1, 0.15) is 10.7 Å². The maximum Gasteiger partial charge on any atom is 0.275 e. The monoisotopic (exact) mass is 369 g/mol. The number of pyridine rings is 1. The molecule has 0 aliphatic heterocycles. The molecular formula is C19H19N3O3S. The molecule has 3 rings (SSSR count). The first-order chi connectivity index (χ1) is 12.5. The molecule has 0 saturated heterocycles. The van der Waals surface area contributed by atoms with Crippen molar-refractivity contribution in [3.8, 4) is 22.1 Å². The summed E-state index contributed by atoms with van der Waals surface area (Å²) in [6, 6.07) is 7.39. The Balaban J connectivity index is 1.83. The molecule has 0 saturated carbocycles. The third-order valence-corrected chi connectivity index (χ3v) is 4.75. The molecule has 0 spiro atoms. The van der Waals surface area contributed by atoms with Gasteiger partial charge in [-0.2, -0.15) is 0 Å². The van der Waals surface area contributed by atoms with Crippen LogP contribution in [0.2, 0.25) is 0 Å². The zero-order valence-electron chi connectivity index (χ0n) is 15.0. The molecule has 3 aromatic rings. The van der Waals surface area contributed by atoms with Crippen LogP contribution in [-0.4, -0.2) is 30.1 Å². The van der Waals surface area contributed by atoms with E-state index in [-0.39, 0.29) is 5.91 Å². The van der Waals surface area contributed by atoms with Crippen molar-refractivity contribution < 1.29 is 14.3 Å². The van der Waals surface area contributed by atoms with Gasteiger partial charge in [-0.05, 0) is 43.7 Å². The second-order valence-corrected chi connectivity index (χ2v) is 6.56. The number of ether oxygens (including phenoxy) is 2. The van der Waals surface area contributed by atoms with Gasteiger partial charge in [0.05, 0.1) is 14.2 Å². The lowest BCUT2D eigenvalue weighted by atomic mass is 10.2. The SMILES string of the molecule is COc1ccc(-c2nc(C(=O)Nc3cc(C)ncc3C)cs2)cc1OC. The lowest BCUT2D eigenvalue weighted by molar-refractivity contribution is 0.102. The molecule has 1 N–H and O–H groups in total. The van der Waals surface area contributed by atoms with Crippen LogP contribution in [0.5, 0.6) is 11.5 Å². The molecule has 0 radical (unpaired) electrons. The van der Waals surface area contributed by atoms with Crippen LogP contribution in [0, 0.1) is 13.8 Å². The number of hydrogen-bond donors (Lipinski definition) is 1. The van der Waals surface area contributed by atoms with Gasteiger partial charge in [0.2, 0.25) is 0 Å². The Morgan fingerprint density at radius 2 is 1.88 bits per heavy atom. The van der Waals surface area contributed by atoms with Crippen LogP contribution >= 0.6 is 11.3 Å². The summed E-state index contributed by atoms with van der Waals surface area (Å²) in [7, 11) is 3.17. The van der Waals surface area contributed by atoms with E-state index < -0.39 is 0 Å². The number of thiazole rings is 1. The molecule has 7 heteroatoms. The topological polar surface area (TPSA) is 73.3 Å². The van der Waals surface area contributed by atoms with Gasteiger partial charge in [-0.3, -0.25) is 9.78 Å². The van der Waals surface area contributed by atoms with E-state index in [0.717, 1.165) is 27.5 Å². The minimum Gasteiger partial charge on any atom is -0.493 e. The van der Waals surface area contributed by atoms with Crippen molar-refractivity contribution in [2.45, 2.75) is 13.8 Å². The number of nitrogens with zero attached hydrogens (tertiary/aromatic N) is 2. The second kappa shape index (κ2) is 7.53.